The number of nitrogens with two attached hydrogens (primary N) is 1. The summed E-state index contributed by atoms with van der Waals surface area (Å²) in [5.74, 6) is 1.37. The molecule has 0 aliphatic rings. The fourth-order valence-electron chi connectivity index (χ4n) is 2.45. The van der Waals surface area contributed by atoms with Gasteiger partial charge in [0.25, 0.3) is 0 Å². The van der Waals surface area contributed by atoms with Crippen LogP contribution >= 0.6 is 0 Å². The zero-order valence-electron chi connectivity index (χ0n) is 13.6. The van der Waals surface area contributed by atoms with Gasteiger partial charge in [0.05, 0.1) is 13.2 Å². The van der Waals surface area contributed by atoms with E-state index in [1.54, 1.807) is 18.2 Å². The summed E-state index contributed by atoms with van der Waals surface area (Å²) in [6.45, 7) is 9.29. The lowest BCUT2D eigenvalue weighted by atomic mass is 9.76. The molecule has 21 heavy (non-hydrogen) atoms. The Kier molecular flexibility index (Phi) is 6.69. The zero-order chi connectivity index (χ0) is 15.9. The lowest BCUT2D eigenvalue weighted by molar-refractivity contribution is 0.0787. The minimum Gasteiger partial charge on any atom is -0.490 e. The Bertz CT molecular complexity index is 459. The molecule has 1 aromatic rings. The second-order valence-electron chi connectivity index (χ2n) is 5.05. The van der Waals surface area contributed by atoms with Crippen molar-refractivity contribution in [3.05, 3.63) is 23.8 Å². The highest BCUT2D eigenvalue weighted by atomic mass is 16.5. The molecule has 0 heterocycles. The molecule has 0 unspecified atom stereocenters. The molecule has 0 spiro atoms. The van der Waals surface area contributed by atoms with E-state index >= 15 is 0 Å². The largest absolute Gasteiger partial charge is 0.490 e. The van der Waals surface area contributed by atoms with E-state index in [4.69, 9.17) is 15.2 Å². The number of hydrogen-bond acceptors (Lipinski definition) is 4. The van der Waals surface area contributed by atoms with Crippen molar-refractivity contribution in [2.75, 3.05) is 19.8 Å². The van der Waals surface area contributed by atoms with Gasteiger partial charge < -0.3 is 15.2 Å². The van der Waals surface area contributed by atoms with Gasteiger partial charge in [-0.15, -0.1) is 0 Å². The Balaban J connectivity index is 3.18. The predicted octanol–water partition coefficient (Wildman–Crippen LogP) is 3.43. The Labute approximate surface area is 127 Å². The SMILES string of the molecule is CCOc1ccc(C(=O)C(CC)(CC)CN)cc1OCC. The summed E-state index contributed by atoms with van der Waals surface area (Å²) in [6, 6.07) is 5.37. The molecular formula is C17H27NO3. The molecule has 0 fully saturated rings. The van der Waals surface area contributed by atoms with Crippen LogP contribution in [0.3, 0.4) is 0 Å². The number of hydrogen-bond donors (Lipinski definition) is 1. The standard InChI is InChI=1S/C17H27NO3/c1-5-17(6-2,12-18)16(19)13-9-10-14(20-7-3)15(11-13)21-8-4/h9-11H,5-8,12,18H2,1-4H3. The van der Waals surface area contributed by atoms with Crippen molar-refractivity contribution in [1.82, 2.24) is 0 Å². The maximum atomic E-state index is 12.8. The second-order valence-corrected chi connectivity index (χ2v) is 5.05. The fraction of sp³-hybridized carbons (Fsp3) is 0.588. The van der Waals surface area contributed by atoms with Crippen molar-refractivity contribution in [2.24, 2.45) is 11.1 Å². The van der Waals surface area contributed by atoms with Gasteiger partial charge in [0.15, 0.2) is 17.3 Å². The van der Waals surface area contributed by atoms with Gasteiger partial charge >= 0.3 is 0 Å². The highest BCUT2D eigenvalue weighted by Gasteiger charge is 2.34. The third-order valence-corrected chi connectivity index (χ3v) is 4.03. The molecule has 0 aromatic heterocycles. The van der Waals surface area contributed by atoms with Gasteiger partial charge in [-0.2, -0.15) is 0 Å². The zero-order valence-corrected chi connectivity index (χ0v) is 13.6. The fourth-order valence-corrected chi connectivity index (χ4v) is 2.45. The highest BCUT2D eigenvalue weighted by Crippen LogP contribution is 2.34. The Morgan fingerprint density at radius 3 is 2.10 bits per heavy atom. The van der Waals surface area contributed by atoms with E-state index in [-0.39, 0.29) is 5.78 Å². The normalized spacial score (nSPS) is 11.3. The van der Waals surface area contributed by atoms with Crippen LogP contribution in [0.5, 0.6) is 11.5 Å². The van der Waals surface area contributed by atoms with E-state index in [9.17, 15) is 4.79 Å². The molecule has 0 amide bonds. The van der Waals surface area contributed by atoms with Gasteiger partial charge in [-0.3, -0.25) is 4.79 Å². The second kappa shape index (κ2) is 8.03. The van der Waals surface area contributed by atoms with E-state index in [1.807, 2.05) is 27.7 Å². The molecule has 0 radical (unpaired) electrons. The molecule has 4 heteroatoms. The average Bonchev–Trinajstić information content (AvgIpc) is 2.51. The molecule has 2 N–H and O–H groups in total. The number of ether oxygens (including phenoxy) is 2. The minimum atomic E-state index is -0.489. The molecule has 4 nitrogen and oxygen atoms in total. The van der Waals surface area contributed by atoms with Gasteiger partial charge in [0, 0.05) is 17.5 Å². The number of rotatable bonds is 9. The average molecular weight is 293 g/mol. The molecule has 1 rings (SSSR count). The van der Waals surface area contributed by atoms with Crippen molar-refractivity contribution >= 4 is 5.78 Å². The van der Waals surface area contributed by atoms with E-state index in [0.717, 1.165) is 12.8 Å². The first-order chi connectivity index (χ1) is 10.1. The van der Waals surface area contributed by atoms with Gasteiger partial charge in [-0.25, -0.2) is 0 Å². The Hall–Kier alpha value is -1.55. The van der Waals surface area contributed by atoms with Crippen LogP contribution < -0.4 is 15.2 Å². The van der Waals surface area contributed by atoms with Crippen LogP contribution in [0.15, 0.2) is 18.2 Å². The summed E-state index contributed by atoms with van der Waals surface area (Å²) in [7, 11) is 0. The first-order valence-corrected chi connectivity index (χ1v) is 7.73. The van der Waals surface area contributed by atoms with Gasteiger partial charge in [-0.1, -0.05) is 13.8 Å². The predicted molar refractivity (Wildman–Crippen MR) is 85.2 cm³/mol. The molecule has 0 saturated heterocycles. The summed E-state index contributed by atoms with van der Waals surface area (Å²) < 4.78 is 11.1. The van der Waals surface area contributed by atoms with Crippen LogP contribution in [0, 0.1) is 5.41 Å². The van der Waals surface area contributed by atoms with E-state index in [2.05, 4.69) is 0 Å². The summed E-state index contributed by atoms with van der Waals surface area (Å²) in [4.78, 5) is 12.8. The first kappa shape index (κ1) is 17.5. The van der Waals surface area contributed by atoms with E-state index < -0.39 is 5.41 Å². The van der Waals surface area contributed by atoms with Crippen molar-refractivity contribution in [3.8, 4) is 11.5 Å². The summed E-state index contributed by atoms with van der Waals surface area (Å²) >= 11 is 0. The Morgan fingerprint density at radius 1 is 1.05 bits per heavy atom. The lowest BCUT2D eigenvalue weighted by Crippen LogP contribution is -2.37. The number of Topliss-reactive ketones (excluding diaryl/α,β-unsaturated/α-hetero) is 1. The molecule has 0 atom stereocenters. The summed E-state index contributed by atoms with van der Waals surface area (Å²) in [5.41, 5.74) is 6.01. The lowest BCUT2D eigenvalue weighted by Gasteiger charge is -2.28. The molecule has 0 bridgehead atoms. The van der Waals surface area contributed by atoms with Crippen LogP contribution in [0.25, 0.3) is 0 Å². The molecule has 0 aliphatic carbocycles. The maximum Gasteiger partial charge on any atom is 0.170 e. The quantitative estimate of drug-likeness (QED) is 0.709. The third-order valence-electron chi connectivity index (χ3n) is 4.03. The smallest absolute Gasteiger partial charge is 0.170 e. The van der Waals surface area contributed by atoms with E-state index in [0.29, 0.717) is 36.8 Å². The Morgan fingerprint density at radius 2 is 1.62 bits per heavy atom. The molecule has 118 valence electrons. The van der Waals surface area contributed by atoms with Crippen molar-refractivity contribution in [1.29, 1.82) is 0 Å². The molecular weight excluding hydrogens is 266 g/mol. The number of ketones is 1. The number of carbonyl (C=O) groups excluding carboxylic acids is 1. The van der Waals surface area contributed by atoms with Crippen LogP contribution in [-0.2, 0) is 0 Å². The van der Waals surface area contributed by atoms with Crippen molar-refractivity contribution in [3.63, 3.8) is 0 Å². The van der Waals surface area contributed by atoms with Gasteiger partial charge in [0.2, 0.25) is 0 Å². The van der Waals surface area contributed by atoms with Crippen LogP contribution in [0.2, 0.25) is 0 Å². The van der Waals surface area contributed by atoms with Crippen LogP contribution in [0.1, 0.15) is 50.9 Å². The topological polar surface area (TPSA) is 61.5 Å². The van der Waals surface area contributed by atoms with Crippen molar-refractivity contribution in [2.45, 2.75) is 40.5 Å². The van der Waals surface area contributed by atoms with Crippen molar-refractivity contribution < 1.29 is 14.3 Å². The maximum absolute atomic E-state index is 12.8. The summed E-state index contributed by atoms with van der Waals surface area (Å²) in [6.07, 6.45) is 1.46. The molecule has 0 aliphatic heterocycles. The molecule has 0 saturated carbocycles. The summed E-state index contributed by atoms with van der Waals surface area (Å²) in [5, 5.41) is 0. The van der Waals surface area contributed by atoms with Crippen LogP contribution in [-0.4, -0.2) is 25.5 Å². The monoisotopic (exact) mass is 293 g/mol. The van der Waals surface area contributed by atoms with Gasteiger partial charge in [-0.05, 0) is 44.9 Å². The highest BCUT2D eigenvalue weighted by molar-refractivity contribution is 6.01. The van der Waals surface area contributed by atoms with Gasteiger partial charge in [0.1, 0.15) is 0 Å². The van der Waals surface area contributed by atoms with Crippen LogP contribution in [0.4, 0.5) is 0 Å². The molecule has 1 aromatic carbocycles. The third kappa shape index (κ3) is 3.76. The first-order valence-electron chi connectivity index (χ1n) is 7.73. The van der Waals surface area contributed by atoms with E-state index in [1.165, 1.54) is 0 Å². The number of carbonyl (C=O) groups is 1. The number of benzene rings is 1. The minimum absolute atomic E-state index is 0.0824.